The van der Waals surface area contributed by atoms with E-state index in [1.165, 1.54) is 34.9 Å². The molecule has 0 saturated heterocycles. The van der Waals surface area contributed by atoms with Gasteiger partial charge in [0.25, 0.3) is 17.7 Å². The molecule has 0 spiro atoms. The van der Waals surface area contributed by atoms with Gasteiger partial charge in [0.1, 0.15) is 0 Å². The lowest BCUT2D eigenvalue weighted by Gasteiger charge is -2.17. The standard InChI is InChI=1S/C19H10F6N4O5/c20-18(21,22)16(33)26-9-5-8(6-10(7-9)27-17(34)19(23,24)25)13(30)28-29-14(31)11-3-1-2-4-12(11)15(29)32/h1-7H,(H,26,33)(H,27,34)(H,28,30). The Bertz CT molecular complexity index is 1140. The van der Waals surface area contributed by atoms with E-state index in [1.54, 1.807) is 0 Å². The van der Waals surface area contributed by atoms with E-state index in [4.69, 9.17) is 0 Å². The number of benzene rings is 2. The monoisotopic (exact) mass is 488 g/mol. The summed E-state index contributed by atoms with van der Waals surface area (Å²) in [5.41, 5.74) is -0.549. The van der Waals surface area contributed by atoms with Crippen LogP contribution in [0, 0.1) is 0 Å². The minimum Gasteiger partial charge on any atom is -0.318 e. The number of hydrazine groups is 1. The second kappa shape index (κ2) is 8.49. The Balaban J connectivity index is 1.92. The molecule has 9 nitrogen and oxygen atoms in total. The van der Waals surface area contributed by atoms with Crippen LogP contribution >= 0.6 is 0 Å². The first kappa shape index (κ1) is 24.2. The van der Waals surface area contributed by atoms with Crippen molar-refractivity contribution in [3.63, 3.8) is 0 Å². The molecule has 5 amide bonds. The molecule has 0 bridgehead atoms. The lowest BCUT2D eigenvalue weighted by Crippen LogP contribution is -2.45. The maximum absolute atomic E-state index is 12.6. The Morgan fingerprint density at radius 1 is 0.706 bits per heavy atom. The van der Waals surface area contributed by atoms with Gasteiger partial charge >= 0.3 is 24.2 Å². The van der Waals surface area contributed by atoms with Gasteiger partial charge in [-0.2, -0.15) is 31.4 Å². The molecule has 3 rings (SSSR count). The first-order valence-corrected chi connectivity index (χ1v) is 8.88. The van der Waals surface area contributed by atoms with Crippen LogP contribution in [-0.4, -0.2) is 46.9 Å². The molecule has 178 valence electrons. The van der Waals surface area contributed by atoms with Crippen LogP contribution < -0.4 is 16.1 Å². The average Bonchev–Trinajstić information content (AvgIpc) is 2.97. The molecule has 0 unspecified atom stereocenters. The number of nitrogens with one attached hydrogen (secondary N) is 3. The normalized spacial score (nSPS) is 13.4. The number of fused-ring (bicyclic) bond motifs is 1. The van der Waals surface area contributed by atoms with E-state index in [0.29, 0.717) is 23.2 Å². The minimum absolute atomic E-state index is 0.0582. The van der Waals surface area contributed by atoms with Gasteiger partial charge in [-0.3, -0.25) is 29.4 Å². The van der Waals surface area contributed by atoms with Gasteiger partial charge in [0.2, 0.25) is 0 Å². The van der Waals surface area contributed by atoms with Crippen molar-refractivity contribution in [3.05, 3.63) is 59.2 Å². The minimum atomic E-state index is -5.38. The second-order valence-electron chi connectivity index (χ2n) is 6.64. The predicted octanol–water partition coefficient (Wildman–Crippen LogP) is 2.63. The highest BCUT2D eigenvalue weighted by Gasteiger charge is 2.40. The Hall–Kier alpha value is -4.43. The van der Waals surface area contributed by atoms with E-state index in [9.17, 15) is 50.3 Å². The zero-order chi connectivity index (χ0) is 25.4. The number of hydrogen-bond donors (Lipinski definition) is 3. The molecule has 2 aromatic carbocycles. The largest absolute Gasteiger partial charge is 0.471 e. The van der Waals surface area contributed by atoms with Crippen molar-refractivity contribution >= 4 is 40.9 Å². The third kappa shape index (κ3) is 4.97. The van der Waals surface area contributed by atoms with Gasteiger partial charge in [-0.1, -0.05) is 12.1 Å². The molecule has 1 aliphatic heterocycles. The van der Waals surface area contributed by atoms with E-state index in [-0.39, 0.29) is 11.1 Å². The summed E-state index contributed by atoms with van der Waals surface area (Å²) < 4.78 is 75.3. The number of anilines is 2. The summed E-state index contributed by atoms with van der Waals surface area (Å²) in [7, 11) is 0. The third-order valence-electron chi connectivity index (χ3n) is 4.23. The number of rotatable bonds is 4. The van der Waals surface area contributed by atoms with Crippen molar-refractivity contribution in [3.8, 4) is 0 Å². The van der Waals surface area contributed by atoms with Crippen LogP contribution in [0.2, 0.25) is 0 Å². The topological polar surface area (TPSA) is 125 Å². The molecular formula is C19H10F6N4O5. The van der Waals surface area contributed by atoms with E-state index in [1.807, 2.05) is 5.43 Å². The Labute approximate surface area is 184 Å². The number of hydrogen-bond acceptors (Lipinski definition) is 5. The SMILES string of the molecule is O=C(NN1C(=O)c2ccccc2C1=O)c1cc(NC(=O)C(F)(F)F)cc(NC(=O)C(F)(F)F)c1. The summed E-state index contributed by atoms with van der Waals surface area (Å²) in [6.45, 7) is 0. The number of carbonyl (C=O) groups excluding carboxylic acids is 5. The second-order valence-corrected chi connectivity index (χ2v) is 6.64. The van der Waals surface area contributed by atoms with Crippen LogP contribution in [0.4, 0.5) is 37.7 Å². The van der Waals surface area contributed by atoms with Crippen LogP contribution in [-0.2, 0) is 9.59 Å². The molecule has 0 aliphatic carbocycles. The quantitative estimate of drug-likeness (QED) is 0.451. The predicted molar refractivity (Wildman–Crippen MR) is 100 cm³/mol. The molecule has 0 atom stereocenters. The molecular weight excluding hydrogens is 478 g/mol. The highest BCUT2D eigenvalue weighted by molar-refractivity contribution is 6.22. The molecule has 0 saturated carbocycles. The number of carbonyl (C=O) groups is 5. The van der Waals surface area contributed by atoms with Crippen LogP contribution in [0.1, 0.15) is 31.1 Å². The average molecular weight is 488 g/mol. The summed E-state index contributed by atoms with van der Waals surface area (Å²) in [5, 5.41) is 2.96. The van der Waals surface area contributed by atoms with Gasteiger partial charge < -0.3 is 10.6 Å². The molecule has 0 aromatic heterocycles. The summed E-state index contributed by atoms with van der Waals surface area (Å²) in [4.78, 5) is 59.7. The van der Waals surface area contributed by atoms with Crippen LogP contribution in [0.15, 0.2) is 42.5 Å². The molecule has 0 fully saturated rings. The van der Waals surface area contributed by atoms with Crippen molar-refractivity contribution in [1.29, 1.82) is 0 Å². The van der Waals surface area contributed by atoms with Gasteiger partial charge in [-0.15, -0.1) is 0 Å². The van der Waals surface area contributed by atoms with E-state index >= 15 is 0 Å². The number of imide groups is 1. The Morgan fingerprint density at radius 2 is 1.12 bits per heavy atom. The van der Waals surface area contributed by atoms with Crippen molar-refractivity contribution in [1.82, 2.24) is 10.4 Å². The third-order valence-corrected chi connectivity index (χ3v) is 4.23. The Morgan fingerprint density at radius 3 is 1.50 bits per heavy atom. The summed E-state index contributed by atoms with van der Waals surface area (Å²) in [5.74, 6) is -8.24. The number of halogens is 6. The Kier molecular flexibility index (Phi) is 6.05. The molecule has 3 N–H and O–H groups in total. The molecule has 15 heteroatoms. The number of nitrogens with zero attached hydrogens (tertiary/aromatic N) is 1. The highest BCUT2D eigenvalue weighted by Crippen LogP contribution is 2.26. The molecule has 1 aliphatic rings. The first-order chi connectivity index (χ1) is 15.7. The summed E-state index contributed by atoms with van der Waals surface area (Å²) in [6.07, 6.45) is -10.8. The lowest BCUT2D eigenvalue weighted by molar-refractivity contribution is -0.167. The zero-order valence-corrected chi connectivity index (χ0v) is 16.3. The van der Waals surface area contributed by atoms with Gasteiger partial charge in [0.05, 0.1) is 11.1 Å². The van der Waals surface area contributed by atoms with Crippen molar-refractivity contribution in [2.75, 3.05) is 10.6 Å². The van der Waals surface area contributed by atoms with Gasteiger partial charge in [-0.05, 0) is 30.3 Å². The highest BCUT2D eigenvalue weighted by atomic mass is 19.4. The summed E-state index contributed by atoms with van der Waals surface area (Å²) >= 11 is 0. The van der Waals surface area contributed by atoms with Crippen LogP contribution in [0.5, 0.6) is 0 Å². The summed E-state index contributed by atoms with van der Waals surface area (Å²) in [6, 6.07) is 7.25. The molecule has 34 heavy (non-hydrogen) atoms. The first-order valence-electron chi connectivity index (χ1n) is 8.88. The van der Waals surface area contributed by atoms with Crippen molar-refractivity contribution in [2.45, 2.75) is 12.4 Å². The maximum atomic E-state index is 12.6. The lowest BCUT2D eigenvalue weighted by atomic mass is 10.1. The van der Waals surface area contributed by atoms with E-state index in [0.717, 1.165) is 0 Å². The fourth-order valence-electron chi connectivity index (χ4n) is 2.76. The number of alkyl halides is 6. The fraction of sp³-hybridized carbons (Fsp3) is 0.105. The van der Waals surface area contributed by atoms with Crippen LogP contribution in [0.25, 0.3) is 0 Å². The molecule has 0 radical (unpaired) electrons. The van der Waals surface area contributed by atoms with Gasteiger partial charge in [0.15, 0.2) is 0 Å². The van der Waals surface area contributed by atoms with E-state index < -0.39 is 58.8 Å². The van der Waals surface area contributed by atoms with Crippen LogP contribution in [0.3, 0.4) is 0 Å². The van der Waals surface area contributed by atoms with Gasteiger partial charge in [0, 0.05) is 16.9 Å². The number of amides is 5. The van der Waals surface area contributed by atoms with Gasteiger partial charge in [-0.25, -0.2) is 0 Å². The van der Waals surface area contributed by atoms with E-state index in [2.05, 4.69) is 0 Å². The fourth-order valence-corrected chi connectivity index (χ4v) is 2.76. The van der Waals surface area contributed by atoms with Crippen molar-refractivity contribution in [2.24, 2.45) is 0 Å². The maximum Gasteiger partial charge on any atom is 0.471 e. The smallest absolute Gasteiger partial charge is 0.318 e. The molecule has 2 aromatic rings. The van der Waals surface area contributed by atoms with Crippen molar-refractivity contribution < 1.29 is 50.3 Å². The molecule has 1 heterocycles. The zero-order valence-electron chi connectivity index (χ0n) is 16.3.